The normalized spacial score (nSPS) is 19.3. The Hall–Kier alpha value is -0.123. The first-order valence-corrected chi connectivity index (χ1v) is 12.7. The molecule has 1 atom stereocenters. The van der Waals surface area contributed by atoms with Gasteiger partial charge in [-0.3, -0.25) is 0 Å². The van der Waals surface area contributed by atoms with Crippen molar-refractivity contribution in [2.75, 3.05) is 0 Å². The van der Waals surface area contributed by atoms with Crippen LogP contribution >= 0.6 is 15.9 Å². The van der Waals surface area contributed by atoms with Crippen LogP contribution in [0.4, 0.5) is 0 Å². The molecule has 0 saturated heterocycles. The number of rotatable bonds is 6. The summed E-state index contributed by atoms with van der Waals surface area (Å²) in [5, 5.41) is 0.244. The topological polar surface area (TPSA) is 9.23 Å². The molecule has 0 aliphatic heterocycles. The molecule has 0 radical (unpaired) electrons. The van der Waals surface area contributed by atoms with Crippen molar-refractivity contribution in [2.24, 2.45) is 5.41 Å². The predicted octanol–water partition coefficient (Wildman–Crippen LogP) is 7.48. The van der Waals surface area contributed by atoms with Gasteiger partial charge in [-0.15, -0.1) is 0 Å². The fourth-order valence-electron chi connectivity index (χ4n) is 3.46. The molecule has 1 aromatic carbocycles. The van der Waals surface area contributed by atoms with Crippen LogP contribution < -0.4 is 0 Å². The predicted molar refractivity (Wildman–Crippen MR) is 106 cm³/mol. The summed E-state index contributed by atoms with van der Waals surface area (Å²) in [6, 6.07) is 8.80. The molecule has 0 heterocycles. The van der Waals surface area contributed by atoms with Gasteiger partial charge in [0, 0.05) is 4.47 Å². The summed E-state index contributed by atoms with van der Waals surface area (Å²) >= 11 is 3.65. The average Bonchev–Trinajstić information content (AvgIpc) is 2.39. The van der Waals surface area contributed by atoms with Gasteiger partial charge < -0.3 is 4.43 Å². The van der Waals surface area contributed by atoms with E-state index in [0.29, 0.717) is 5.41 Å². The van der Waals surface area contributed by atoms with Crippen molar-refractivity contribution in [3.63, 3.8) is 0 Å². The minimum Gasteiger partial charge on any atom is -0.409 e. The molecule has 3 heteroatoms. The Morgan fingerprint density at radius 3 is 2.35 bits per heavy atom. The zero-order valence-corrected chi connectivity index (χ0v) is 18.3. The van der Waals surface area contributed by atoms with E-state index in [4.69, 9.17) is 4.43 Å². The number of halogens is 1. The molecule has 0 spiro atoms. The first kappa shape index (κ1) is 19.2. The molecule has 130 valence electrons. The van der Waals surface area contributed by atoms with Gasteiger partial charge in [-0.1, -0.05) is 68.6 Å². The Bertz CT molecular complexity index is 529. The average molecular weight is 397 g/mol. The summed E-state index contributed by atoms with van der Waals surface area (Å²) in [6.07, 6.45) is 6.74. The van der Waals surface area contributed by atoms with Crippen LogP contribution in [0.1, 0.15) is 71.5 Å². The fraction of sp³-hybridized carbons (Fsp3) is 0.700. The molecule has 1 aliphatic rings. The molecule has 0 amide bonds. The number of hydrogen-bond acceptors (Lipinski definition) is 1. The summed E-state index contributed by atoms with van der Waals surface area (Å²) in [7, 11) is -1.80. The maximum absolute atomic E-state index is 7.02. The van der Waals surface area contributed by atoms with Gasteiger partial charge in [0.05, 0.1) is 6.10 Å². The second-order valence-electron chi connectivity index (χ2n) is 8.78. The third-order valence-electron chi connectivity index (χ3n) is 6.02. The van der Waals surface area contributed by atoms with Crippen molar-refractivity contribution in [2.45, 2.75) is 84.0 Å². The van der Waals surface area contributed by atoms with E-state index in [1.54, 1.807) is 0 Å². The Balaban J connectivity index is 2.40. The van der Waals surface area contributed by atoms with Crippen LogP contribution in [-0.4, -0.2) is 8.32 Å². The van der Waals surface area contributed by atoms with Gasteiger partial charge in [-0.2, -0.15) is 0 Å². The molecule has 0 N–H and O–H groups in total. The van der Waals surface area contributed by atoms with E-state index in [9.17, 15) is 0 Å². The van der Waals surface area contributed by atoms with Crippen LogP contribution in [0.5, 0.6) is 0 Å². The summed E-state index contributed by atoms with van der Waals surface area (Å²) < 4.78 is 8.18. The van der Waals surface area contributed by atoms with E-state index in [1.165, 1.54) is 37.7 Å². The lowest BCUT2D eigenvalue weighted by Crippen LogP contribution is -2.47. The fourth-order valence-corrected chi connectivity index (χ4v) is 5.21. The van der Waals surface area contributed by atoms with E-state index in [-0.39, 0.29) is 11.1 Å². The lowest BCUT2D eigenvalue weighted by molar-refractivity contribution is -0.0356. The van der Waals surface area contributed by atoms with E-state index >= 15 is 0 Å². The van der Waals surface area contributed by atoms with Crippen molar-refractivity contribution in [3.05, 3.63) is 34.3 Å². The Labute approximate surface area is 152 Å². The van der Waals surface area contributed by atoms with Crippen LogP contribution in [-0.2, 0) is 4.43 Å². The largest absolute Gasteiger partial charge is 0.409 e. The van der Waals surface area contributed by atoms with Gasteiger partial charge in [0.1, 0.15) is 0 Å². The van der Waals surface area contributed by atoms with Crippen molar-refractivity contribution < 1.29 is 4.43 Å². The zero-order chi connectivity index (χ0) is 17.3. The van der Waals surface area contributed by atoms with E-state index in [0.717, 1.165) is 4.47 Å². The van der Waals surface area contributed by atoms with Crippen molar-refractivity contribution in [1.29, 1.82) is 0 Å². The minimum absolute atomic E-state index is 0.244. The third kappa shape index (κ3) is 4.11. The van der Waals surface area contributed by atoms with Gasteiger partial charge in [-0.25, -0.2) is 0 Å². The van der Waals surface area contributed by atoms with Crippen molar-refractivity contribution in [3.8, 4) is 0 Å². The van der Waals surface area contributed by atoms with E-state index in [2.05, 4.69) is 81.0 Å². The quantitative estimate of drug-likeness (QED) is 0.452. The summed E-state index contributed by atoms with van der Waals surface area (Å²) in [5.41, 5.74) is 1.71. The molecule has 1 fully saturated rings. The SMILES string of the molecule is CCCC1(C(O[Si](C)(C)C(C)(C)C)c2cccc(Br)c2)CCC1. The van der Waals surface area contributed by atoms with Crippen LogP contribution in [0.25, 0.3) is 0 Å². The highest BCUT2D eigenvalue weighted by Crippen LogP contribution is 2.57. The second-order valence-corrected chi connectivity index (χ2v) is 14.5. The second kappa shape index (κ2) is 7.01. The van der Waals surface area contributed by atoms with Crippen LogP contribution in [0.3, 0.4) is 0 Å². The first-order chi connectivity index (χ1) is 10.6. The van der Waals surface area contributed by atoms with Gasteiger partial charge >= 0.3 is 0 Å². The molecule has 0 aromatic heterocycles. The highest BCUT2D eigenvalue weighted by atomic mass is 79.9. The highest BCUT2D eigenvalue weighted by Gasteiger charge is 2.49. The third-order valence-corrected chi connectivity index (χ3v) is 11.0. The van der Waals surface area contributed by atoms with Crippen molar-refractivity contribution >= 4 is 24.2 Å². The molecular weight excluding hydrogens is 364 g/mol. The lowest BCUT2D eigenvalue weighted by Gasteiger charge is -2.52. The molecule has 1 saturated carbocycles. The monoisotopic (exact) mass is 396 g/mol. The smallest absolute Gasteiger partial charge is 0.192 e. The molecular formula is C20H33BrOSi. The Morgan fingerprint density at radius 1 is 1.26 bits per heavy atom. The maximum Gasteiger partial charge on any atom is 0.192 e. The molecule has 1 unspecified atom stereocenters. The first-order valence-electron chi connectivity index (χ1n) is 9.05. The summed E-state index contributed by atoms with van der Waals surface area (Å²) in [5.74, 6) is 0. The number of benzene rings is 1. The molecule has 1 aromatic rings. The highest BCUT2D eigenvalue weighted by molar-refractivity contribution is 9.10. The van der Waals surface area contributed by atoms with Gasteiger partial charge in [0.2, 0.25) is 0 Å². The Kier molecular flexibility index (Phi) is 5.85. The van der Waals surface area contributed by atoms with E-state index in [1.807, 2.05) is 0 Å². The molecule has 2 rings (SSSR count). The summed E-state index contributed by atoms with van der Waals surface area (Å²) in [6.45, 7) is 14.1. The van der Waals surface area contributed by atoms with Gasteiger partial charge in [0.25, 0.3) is 0 Å². The van der Waals surface area contributed by atoms with Gasteiger partial charge in [-0.05, 0) is 60.5 Å². The number of hydrogen-bond donors (Lipinski definition) is 0. The van der Waals surface area contributed by atoms with E-state index < -0.39 is 8.32 Å². The van der Waals surface area contributed by atoms with Crippen LogP contribution in [0.15, 0.2) is 28.7 Å². The molecule has 0 bridgehead atoms. The molecule has 1 nitrogen and oxygen atoms in total. The molecule has 23 heavy (non-hydrogen) atoms. The van der Waals surface area contributed by atoms with Crippen LogP contribution in [0.2, 0.25) is 18.1 Å². The van der Waals surface area contributed by atoms with Crippen molar-refractivity contribution in [1.82, 2.24) is 0 Å². The minimum atomic E-state index is -1.80. The zero-order valence-electron chi connectivity index (χ0n) is 15.7. The van der Waals surface area contributed by atoms with Crippen LogP contribution in [0, 0.1) is 5.41 Å². The van der Waals surface area contributed by atoms with Gasteiger partial charge in [0.15, 0.2) is 8.32 Å². The summed E-state index contributed by atoms with van der Waals surface area (Å²) in [4.78, 5) is 0. The lowest BCUT2D eigenvalue weighted by atomic mass is 9.61. The standard InChI is InChI=1S/C20H33BrOSi/c1-7-12-20(13-9-14-20)18(16-10-8-11-17(21)15-16)22-23(5,6)19(2,3)4/h8,10-11,15,18H,7,9,12-14H2,1-6H3. The Morgan fingerprint density at radius 2 is 1.91 bits per heavy atom. The molecule has 1 aliphatic carbocycles. The maximum atomic E-state index is 7.02.